The Kier molecular flexibility index (Phi) is 3.31. The molecular formula is C16H13NO4. The number of benzene rings is 2. The average molecular weight is 283 g/mol. The number of hydrogen-bond donors (Lipinski definition) is 1. The molecule has 1 N–H and O–H groups in total. The van der Waals surface area contributed by atoms with Gasteiger partial charge in [-0.05, 0) is 19.1 Å². The van der Waals surface area contributed by atoms with Crippen LogP contribution in [0.4, 0.5) is 5.69 Å². The standard InChI is InChI=1S/C16H13NO4/c1-10-2-4-11(5-3-10)15(18)16(19)17-12-6-7-13-14(8-12)21-9-20-13/h2-8H,9H2,1H3,(H,17,19). The van der Waals surface area contributed by atoms with Crippen molar-refractivity contribution in [3.8, 4) is 11.5 Å². The summed E-state index contributed by atoms with van der Waals surface area (Å²) < 4.78 is 10.4. The van der Waals surface area contributed by atoms with E-state index in [0.29, 0.717) is 22.7 Å². The van der Waals surface area contributed by atoms with Gasteiger partial charge >= 0.3 is 0 Å². The first-order valence-corrected chi connectivity index (χ1v) is 6.45. The fourth-order valence-electron chi connectivity index (χ4n) is 2.00. The van der Waals surface area contributed by atoms with Crippen LogP contribution in [-0.2, 0) is 4.79 Å². The summed E-state index contributed by atoms with van der Waals surface area (Å²) in [5.74, 6) is -0.0844. The Morgan fingerprint density at radius 2 is 1.71 bits per heavy atom. The summed E-state index contributed by atoms with van der Waals surface area (Å²) >= 11 is 0. The van der Waals surface area contributed by atoms with Crippen molar-refractivity contribution in [1.82, 2.24) is 0 Å². The van der Waals surface area contributed by atoms with Gasteiger partial charge < -0.3 is 14.8 Å². The number of carbonyl (C=O) groups is 2. The summed E-state index contributed by atoms with van der Waals surface area (Å²) in [7, 11) is 0. The molecule has 2 aromatic rings. The van der Waals surface area contributed by atoms with Crippen LogP contribution in [-0.4, -0.2) is 18.5 Å². The Balaban J connectivity index is 1.74. The lowest BCUT2D eigenvalue weighted by Gasteiger charge is -2.05. The molecule has 0 saturated carbocycles. The highest BCUT2D eigenvalue weighted by Crippen LogP contribution is 2.34. The van der Waals surface area contributed by atoms with Crippen LogP contribution in [0.15, 0.2) is 42.5 Å². The molecule has 1 aliphatic heterocycles. The van der Waals surface area contributed by atoms with Crippen molar-refractivity contribution in [3.63, 3.8) is 0 Å². The molecule has 2 aromatic carbocycles. The Bertz CT molecular complexity index is 707. The highest BCUT2D eigenvalue weighted by atomic mass is 16.7. The molecule has 1 heterocycles. The lowest BCUT2D eigenvalue weighted by molar-refractivity contribution is -0.112. The van der Waals surface area contributed by atoms with Crippen molar-refractivity contribution in [2.75, 3.05) is 12.1 Å². The molecular weight excluding hydrogens is 270 g/mol. The van der Waals surface area contributed by atoms with Crippen LogP contribution in [0, 0.1) is 6.92 Å². The Hall–Kier alpha value is -2.82. The second kappa shape index (κ2) is 5.28. The van der Waals surface area contributed by atoms with Crippen LogP contribution in [0.1, 0.15) is 15.9 Å². The van der Waals surface area contributed by atoms with E-state index in [1.54, 1.807) is 42.5 Å². The number of rotatable bonds is 3. The molecule has 0 aliphatic carbocycles. The van der Waals surface area contributed by atoms with E-state index in [1.165, 1.54) is 0 Å². The van der Waals surface area contributed by atoms with Crippen LogP contribution >= 0.6 is 0 Å². The number of aryl methyl sites for hydroxylation is 1. The summed E-state index contributed by atoms with van der Waals surface area (Å²) in [6.45, 7) is 2.08. The van der Waals surface area contributed by atoms with E-state index in [1.807, 2.05) is 6.92 Å². The van der Waals surface area contributed by atoms with Crippen molar-refractivity contribution in [2.45, 2.75) is 6.92 Å². The van der Waals surface area contributed by atoms with Crippen molar-refractivity contribution < 1.29 is 19.1 Å². The maximum Gasteiger partial charge on any atom is 0.296 e. The number of ether oxygens (including phenoxy) is 2. The molecule has 1 amide bonds. The zero-order valence-electron chi connectivity index (χ0n) is 11.4. The van der Waals surface area contributed by atoms with Crippen LogP contribution in [0.2, 0.25) is 0 Å². The normalized spacial score (nSPS) is 12.0. The number of hydrogen-bond acceptors (Lipinski definition) is 4. The molecule has 0 aromatic heterocycles. The van der Waals surface area contributed by atoms with Crippen molar-refractivity contribution in [2.24, 2.45) is 0 Å². The Labute approximate surface area is 121 Å². The van der Waals surface area contributed by atoms with Gasteiger partial charge in [0.15, 0.2) is 11.5 Å². The van der Waals surface area contributed by atoms with E-state index in [-0.39, 0.29) is 6.79 Å². The minimum atomic E-state index is -0.683. The molecule has 1 aliphatic rings. The van der Waals surface area contributed by atoms with Crippen LogP contribution in [0.3, 0.4) is 0 Å². The van der Waals surface area contributed by atoms with E-state index in [0.717, 1.165) is 5.56 Å². The first-order chi connectivity index (χ1) is 10.1. The molecule has 5 heteroatoms. The molecule has 0 spiro atoms. The fraction of sp³-hybridized carbons (Fsp3) is 0.125. The number of Topliss-reactive ketones (excluding diaryl/α,β-unsaturated/α-hetero) is 1. The number of nitrogens with one attached hydrogen (secondary N) is 1. The van der Waals surface area contributed by atoms with Gasteiger partial charge in [0.05, 0.1) is 0 Å². The summed E-state index contributed by atoms with van der Waals surface area (Å²) in [4.78, 5) is 24.0. The van der Waals surface area contributed by atoms with Gasteiger partial charge in [-0.2, -0.15) is 0 Å². The predicted molar refractivity (Wildman–Crippen MR) is 76.7 cm³/mol. The molecule has 0 unspecified atom stereocenters. The number of amides is 1. The third-order valence-electron chi connectivity index (χ3n) is 3.15. The molecule has 0 bridgehead atoms. The summed E-state index contributed by atoms with van der Waals surface area (Å²) in [6.07, 6.45) is 0. The lowest BCUT2D eigenvalue weighted by Crippen LogP contribution is -2.22. The van der Waals surface area contributed by atoms with E-state index in [2.05, 4.69) is 5.32 Å². The van der Waals surface area contributed by atoms with Gasteiger partial charge in [-0.15, -0.1) is 0 Å². The smallest absolute Gasteiger partial charge is 0.296 e. The first kappa shape index (κ1) is 13.2. The highest BCUT2D eigenvalue weighted by Gasteiger charge is 2.18. The van der Waals surface area contributed by atoms with Crippen molar-refractivity contribution in [1.29, 1.82) is 0 Å². The van der Waals surface area contributed by atoms with E-state index < -0.39 is 11.7 Å². The quantitative estimate of drug-likeness (QED) is 0.694. The zero-order chi connectivity index (χ0) is 14.8. The molecule has 106 valence electrons. The predicted octanol–water partition coefficient (Wildman–Crippen LogP) is 2.55. The fourth-order valence-corrected chi connectivity index (χ4v) is 2.00. The Morgan fingerprint density at radius 1 is 1.00 bits per heavy atom. The van der Waals surface area contributed by atoms with E-state index >= 15 is 0 Å². The minimum Gasteiger partial charge on any atom is -0.454 e. The van der Waals surface area contributed by atoms with Crippen molar-refractivity contribution >= 4 is 17.4 Å². The second-order valence-electron chi connectivity index (χ2n) is 4.72. The SMILES string of the molecule is Cc1ccc(C(=O)C(=O)Nc2ccc3c(c2)OCO3)cc1. The number of carbonyl (C=O) groups excluding carboxylic acids is 2. The molecule has 21 heavy (non-hydrogen) atoms. The van der Waals surface area contributed by atoms with E-state index in [9.17, 15) is 9.59 Å². The second-order valence-corrected chi connectivity index (χ2v) is 4.72. The summed E-state index contributed by atoms with van der Waals surface area (Å²) in [5, 5.41) is 2.56. The van der Waals surface area contributed by atoms with Gasteiger partial charge in [0, 0.05) is 17.3 Å². The van der Waals surface area contributed by atoms with Gasteiger partial charge in [0.1, 0.15) is 0 Å². The van der Waals surface area contributed by atoms with Crippen LogP contribution in [0.25, 0.3) is 0 Å². The van der Waals surface area contributed by atoms with Crippen LogP contribution < -0.4 is 14.8 Å². The highest BCUT2D eigenvalue weighted by molar-refractivity contribution is 6.46. The van der Waals surface area contributed by atoms with Gasteiger partial charge in [-0.1, -0.05) is 29.8 Å². The summed E-state index contributed by atoms with van der Waals surface area (Å²) in [5.41, 5.74) is 1.88. The third kappa shape index (κ3) is 2.72. The van der Waals surface area contributed by atoms with Gasteiger partial charge in [-0.25, -0.2) is 0 Å². The largest absolute Gasteiger partial charge is 0.454 e. The average Bonchev–Trinajstić information content (AvgIpc) is 2.95. The molecule has 0 saturated heterocycles. The first-order valence-electron chi connectivity index (χ1n) is 6.45. The molecule has 5 nitrogen and oxygen atoms in total. The number of ketones is 1. The van der Waals surface area contributed by atoms with Gasteiger partial charge in [-0.3, -0.25) is 9.59 Å². The molecule has 0 radical (unpaired) electrons. The number of fused-ring (bicyclic) bond motifs is 1. The van der Waals surface area contributed by atoms with Crippen LogP contribution in [0.5, 0.6) is 11.5 Å². The zero-order valence-corrected chi connectivity index (χ0v) is 11.4. The minimum absolute atomic E-state index is 0.162. The van der Waals surface area contributed by atoms with E-state index in [4.69, 9.17) is 9.47 Å². The lowest BCUT2D eigenvalue weighted by atomic mass is 10.1. The topological polar surface area (TPSA) is 64.6 Å². The third-order valence-corrected chi connectivity index (χ3v) is 3.15. The van der Waals surface area contributed by atoms with Crippen molar-refractivity contribution in [3.05, 3.63) is 53.6 Å². The number of anilines is 1. The maximum absolute atomic E-state index is 12.0. The monoisotopic (exact) mass is 283 g/mol. The Morgan fingerprint density at radius 3 is 2.48 bits per heavy atom. The van der Waals surface area contributed by atoms with Gasteiger partial charge in [0.25, 0.3) is 11.7 Å². The van der Waals surface area contributed by atoms with Gasteiger partial charge in [0.2, 0.25) is 6.79 Å². The molecule has 0 fully saturated rings. The molecule has 3 rings (SSSR count). The molecule has 0 atom stereocenters. The maximum atomic E-state index is 12.0. The summed E-state index contributed by atoms with van der Waals surface area (Å²) in [6, 6.07) is 11.8.